The van der Waals surface area contributed by atoms with E-state index in [4.69, 9.17) is 16.3 Å². The van der Waals surface area contributed by atoms with E-state index in [1.807, 2.05) is 6.07 Å². The maximum absolute atomic E-state index is 9.48. The highest BCUT2D eigenvalue weighted by Gasteiger charge is 2.40. The average Bonchev–Trinajstić information content (AvgIpc) is 2.33. The minimum absolute atomic E-state index is 0.0317. The van der Waals surface area contributed by atoms with Crippen molar-refractivity contribution in [3.05, 3.63) is 34.3 Å². The van der Waals surface area contributed by atoms with Crippen molar-refractivity contribution in [3.63, 3.8) is 0 Å². The summed E-state index contributed by atoms with van der Waals surface area (Å²) in [7, 11) is 0. The lowest BCUT2D eigenvalue weighted by atomic mass is 9.85. The number of benzene rings is 1. The molecule has 0 atom stereocenters. The summed E-state index contributed by atoms with van der Waals surface area (Å²) >= 11 is 6.04. The number of hydrogen-bond acceptors (Lipinski definition) is 3. The molecule has 18 heavy (non-hydrogen) atoms. The first-order valence-corrected chi connectivity index (χ1v) is 6.77. The second kappa shape index (κ2) is 4.82. The van der Waals surface area contributed by atoms with Gasteiger partial charge in [0, 0.05) is 24.7 Å². The van der Waals surface area contributed by atoms with Crippen LogP contribution in [0.2, 0.25) is 5.02 Å². The van der Waals surface area contributed by atoms with Gasteiger partial charge < -0.3 is 9.84 Å². The Balaban J connectivity index is 1.70. The third-order valence-electron chi connectivity index (χ3n) is 3.97. The van der Waals surface area contributed by atoms with Gasteiger partial charge in [0.2, 0.25) is 0 Å². The molecule has 0 amide bonds. The predicted octanol–water partition coefficient (Wildman–Crippen LogP) is 1.71. The number of aliphatic hydroxyl groups is 1. The SMILES string of the molecule is OCC1(CN2CCc3ccc(Cl)cc3C2)COC1. The Labute approximate surface area is 112 Å². The molecule has 0 radical (unpaired) electrons. The van der Waals surface area contributed by atoms with Gasteiger partial charge in [-0.1, -0.05) is 17.7 Å². The van der Waals surface area contributed by atoms with Gasteiger partial charge in [0.25, 0.3) is 0 Å². The van der Waals surface area contributed by atoms with Crippen molar-refractivity contribution in [2.24, 2.45) is 5.41 Å². The molecule has 1 aromatic rings. The maximum Gasteiger partial charge on any atom is 0.0579 e. The molecule has 0 unspecified atom stereocenters. The lowest BCUT2D eigenvalue weighted by Gasteiger charge is -2.44. The molecule has 2 aliphatic rings. The monoisotopic (exact) mass is 267 g/mol. The Hall–Kier alpha value is -0.610. The Kier molecular flexibility index (Phi) is 3.32. The molecule has 3 nitrogen and oxygen atoms in total. The first kappa shape index (κ1) is 12.4. The van der Waals surface area contributed by atoms with Gasteiger partial charge in [-0.3, -0.25) is 4.90 Å². The van der Waals surface area contributed by atoms with Crippen LogP contribution < -0.4 is 0 Å². The van der Waals surface area contributed by atoms with Gasteiger partial charge in [0.1, 0.15) is 0 Å². The van der Waals surface area contributed by atoms with E-state index in [1.54, 1.807) is 0 Å². The van der Waals surface area contributed by atoms with Crippen molar-refractivity contribution >= 4 is 11.6 Å². The lowest BCUT2D eigenvalue weighted by Crippen LogP contribution is -2.53. The molecule has 0 aliphatic carbocycles. The Morgan fingerprint density at radius 3 is 2.83 bits per heavy atom. The van der Waals surface area contributed by atoms with E-state index in [1.165, 1.54) is 11.1 Å². The van der Waals surface area contributed by atoms with Gasteiger partial charge >= 0.3 is 0 Å². The summed E-state index contributed by atoms with van der Waals surface area (Å²) in [5.74, 6) is 0. The highest BCUT2D eigenvalue weighted by atomic mass is 35.5. The van der Waals surface area contributed by atoms with Crippen molar-refractivity contribution in [1.82, 2.24) is 4.90 Å². The van der Waals surface area contributed by atoms with Crippen molar-refractivity contribution in [3.8, 4) is 0 Å². The minimum atomic E-state index is -0.0317. The molecule has 1 saturated heterocycles. The zero-order valence-electron chi connectivity index (χ0n) is 10.4. The molecule has 0 spiro atoms. The second-order valence-electron chi connectivity index (χ2n) is 5.52. The third-order valence-corrected chi connectivity index (χ3v) is 4.21. The standard InChI is InChI=1S/C14H18ClNO2/c15-13-2-1-11-3-4-16(6-12(11)5-13)7-14(8-17)9-18-10-14/h1-2,5,17H,3-4,6-10H2. The molecule has 1 fully saturated rings. The molecule has 0 saturated carbocycles. The van der Waals surface area contributed by atoms with Crippen LogP contribution in [0.5, 0.6) is 0 Å². The van der Waals surface area contributed by atoms with E-state index in [2.05, 4.69) is 17.0 Å². The number of fused-ring (bicyclic) bond motifs is 1. The van der Waals surface area contributed by atoms with Crippen LogP contribution >= 0.6 is 11.6 Å². The topological polar surface area (TPSA) is 32.7 Å². The van der Waals surface area contributed by atoms with Crippen LogP contribution in [0.3, 0.4) is 0 Å². The highest BCUT2D eigenvalue weighted by Crippen LogP contribution is 2.30. The van der Waals surface area contributed by atoms with Crippen molar-refractivity contribution in [2.45, 2.75) is 13.0 Å². The third kappa shape index (κ3) is 2.28. The molecule has 4 heteroatoms. The molecule has 3 rings (SSSR count). The number of hydrogen-bond donors (Lipinski definition) is 1. The number of halogens is 1. The molecular weight excluding hydrogens is 250 g/mol. The van der Waals surface area contributed by atoms with Crippen LogP contribution in [0, 0.1) is 5.41 Å². The minimum Gasteiger partial charge on any atom is -0.396 e. The van der Waals surface area contributed by atoms with E-state index in [-0.39, 0.29) is 12.0 Å². The normalized spacial score (nSPS) is 22.3. The Morgan fingerprint density at radius 2 is 2.17 bits per heavy atom. The summed E-state index contributed by atoms with van der Waals surface area (Å²) in [6, 6.07) is 6.15. The van der Waals surface area contributed by atoms with E-state index < -0.39 is 0 Å². The van der Waals surface area contributed by atoms with Crippen molar-refractivity contribution in [2.75, 3.05) is 32.9 Å². The highest BCUT2D eigenvalue weighted by molar-refractivity contribution is 6.30. The van der Waals surface area contributed by atoms with Gasteiger partial charge in [-0.05, 0) is 29.7 Å². The fourth-order valence-corrected chi connectivity index (χ4v) is 3.01. The molecule has 0 aromatic heterocycles. The fraction of sp³-hybridized carbons (Fsp3) is 0.571. The molecule has 1 N–H and O–H groups in total. The van der Waals surface area contributed by atoms with Crippen LogP contribution in [0.15, 0.2) is 18.2 Å². The van der Waals surface area contributed by atoms with Gasteiger partial charge in [-0.25, -0.2) is 0 Å². The summed E-state index contributed by atoms with van der Waals surface area (Å²) in [4.78, 5) is 2.40. The fourth-order valence-electron chi connectivity index (χ4n) is 2.82. The molecule has 2 aliphatic heterocycles. The summed E-state index contributed by atoms with van der Waals surface area (Å²) in [6.45, 7) is 4.47. The van der Waals surface area contributed by atoms with Crippen LogP contribution in [-0.2, 0) is 17.7 Å². The van der Waals surface area contributed by atoms with E-state index >= 15 is 0 Å². The van der Waals surface area contributed by atoms with Crippen LogP contribution in [0.1, 0.15) is 11.1 Å². The molecule has 2 heterocycles. The van der Waals surface area contributed by atoms with Gasteiger partial charge in [-0.15, -0.1) is 0 Å². The molecule has 0 bridgehead atoms. The predicted molar refractivity (Wildman–Crippen MR) is 70.8 cm³/mol. The number of rotatable bonds is 3. The average molecular weight is 268 g/mol. The number of nitrogens with zero attached hydrogens (tertiary/aromatic N) is 1. The largest absolute Gasteiger partial charge is 0.396 e. The number of aliphatic hydroxyl groups excluding tert-OH is 1. The maximum atomic E-state index is 9.48. The summed E-state index contributed by atoms with van der Waals surface area (Å²) in [5, 5.41) is 10.3. The van der Waals surface area contributed by atoms with E-state index in [0.29, 0.717) is 13.2 Å². The summed E-state index contributed by atoms with van der Waals surface area (Å²) in [5.41, 5.74) is 2.69. The smallest absolute Gasteiger partial charge is 0.0579 e. The molecule has 98 valence electrons. The zero-order valence-corrected chi connectivity index (χ0v) is 11.1. The van der Waals surface area contributed by atoms with E-state index in [9.17, 15) is 5.11 Å². The van der Waals surface area contributed by atoms with Crippen LogP contribution in [0.25, 0.3) is 0 Å². The van der Waals surface area contributed by atoms with Gasteiger partial charge in [-0.2, -0.15) is 0 Å². The van der Waals surface area contributed by atoms with Crippen molar-refractivity contribution < 1.29 is 9.84 Å². The first-order chi connectivity index (χ1) is 8.71. The Morgan fingerprint density at radius 1 is 1.33 bits per heavy atom. The van der Waals surface area contributed by atoms with Gasteiger partial charge in [0.15, 0.2) is 0 Å². The van der Waals surface area contributed by atoms with E-state index in [0.717, 1.165) is 31.1 Å². The summed E-state index contributed by atoms with van der Waals surface area (Å²) < 4.78 is 5.25. The Bertz CT molecular complexity index is 440. The van der Waals surface area contributed by atoms with Crippen LogP contribution in [-0.4, -0.2) is 42.9 Å². The second-order valence-corrected chi connectivity index (χ2v) is 5.96. The molecule has 1 aromatic carbocycles. The van der Waals surface area contributed by atoms with Gasteiger partial charge in [0.05, 0.1) is 25.2 Å². The van der Waals surface area contributed by atoms with Crippen molar-refractivity contribution in [1.29, 1.82) is 0 Å². The zero-order chi connectivity index (χ0) is 12.6. The summed E-state index contributed by atoms with van der Waals surface area (Å²) in [6.07, 6.45) is 1.06. The van der Waals surface area contributed by atoms with Crippen LogP contribution in [0.4, 0.5) is 0 Å². The lowest BCUT2D eigenvalue weighted by molar-refractivity contribution is -0.149. The first-order valence-electron chi connectivity index (χ1n) is 6.39. The number of ether oxygens (including phenoxy) is 1. The quantitative estimate of drug-likeness (QED) is 0.905. The molecular formula is C14H18ClNO2.